The number of rotatable bonds is 4. The predicted molar refractivity (Wildman–Crippen MR) is 58.7 cm³/mol. The molecular weight excluding hydrogens is 212 g/mol. The molecule has 16 heavy (non-hydrogen) atoms. The molecule has 3 N–H and O–H groups in total. The summed E-state index contributed by atoms with van der Waals surface area (Å²) in [6.07, 6.45) is -0.995. The zero-order valence-electron chi connectivity index (χ0n) is 9.45. The van der Waals surface area contributed by atoms with Gasteiger partial charge in [-0.25, -0.2) is 8.78 Å². The van der Waals surface area contributed by atoms with Crippen molar-refractivity contribution < 1.29 is 13.9 Å². The van der Waals surface area contributed by atoms with E-state index in [0.29, 0.717) is 0 Å². The maximum absolute atomic E-state index is 13.4. The van der Waals surface area contributed by atoms with Crippen LogP contribution in [0.4, 0.5) is 8.78 Å². The Morgan fingerprint density at radius 2 is 1.94 bits per heavy atom. The first-order chi connectivity index (χ1) is 7.47. The Kier molecular flexibility index (Phi) is 4.38. The van der Waals surface area contributed by atoms with E-state index in [-0.39, 0.29) is 23.9 Å². The van der Waals surface area contributed by atoms with Gasteiger partial charge < -0.3 is 10.8 Å². The van der Waals surface area contributed by atoms with Crippen molar-refractivity contribution in [3.63, 3.8) is 0 Å². The van der Waals surface area contributed by atoms with Gasteiger partial charge in [-0.05, 0) is 18.5 Å². The van der Waals surface area contributed by atoms with Gasteiger partial charge in [0.25, 0.3) is 0 Å². The van der Waals surface area contributed by atoms with Crippen LogP contribution in [-0.4, -0.2) is 11.7 Å². The van der Waals surface area contributed by atoms with Crippen LogP contribution in [0.2, 0.25) is 0 Å². The first-order valence-corrected chi connectivity index (χ1v) is 5.30. The lowest BCUT2D eigenvalue weighted by Crippen LogP contribution is -2.27. The van der Waals surface area contributed by atoms with Gasteiger partial charge in [-0.15, -0.1) is 0 Å². The molecule has 0 fully saturated rings. The van der Waals surface area contributed by atoms with E-state index in [0.717, 1.165) is 12.1 Å². The molecule has 0 heterocycles. The molecule has 0 amide bonds. The second-order valence-electron chi connectivity index (χ2n) is 4.25. The van der Waals surface area contributed by atoms with Gasteiger partial charge in [0.15, 0.2) is 0 Å². The molecule has 0 aliphatic heterocycles. The molecule has 0 saturated carbocycles. The summed E-state index contributed by atoms with van der Waals surface area (Å²) < 4.78 is 26.1. The first kappa shape index (κ1) is 13.1. The number of benzene rings is 1. The van der Waals surface area contributed by atoms with Crippen molar-refractivity contribution in [3.05, 3.63) is 35.4 Å². The number of halogens is 2. The molecule has 1 rings (SSSR count). The monoisotopic (exact) mass is 229 g/mol. The normalized spacial score (nSPS) is 15.2. The average Bonchev–Trinajstić information content (AvgIpc) is 2.17. The van der Waals surface area contributed by atoms with Crippen LogP contribution in [0, 0.1) is 23.5 Å². The average molecular weight is 229 g/mol. The Labute approximate surface area is 94.1 Å². The number of aliphatic hydroxyl groups is 1. The van der Waals surface area contributed by atoms with E-state index in [1.807, 2.05) is 13.8 Å². The summed E-state index contributed by atoms with van der Waals surface area (Å²) in [5.74, 6) is -1.49. The van der Waals surface area contributed by atoms with Crippen molar-refractivity contribution >= 4 is 0 Å². The molecule has 90 valence electrons. The zero-order chi connectivity index (χ0) is 12.3. The van der Waals surface area contributed by atoms with Gasteiger partial charge in [0.05, 0.1) is 6.10 Å². The Bertz CT molecular complexity index is 355. The lowest BCUT2D eigenvalue weighted by atomic mass is 9.86. The van der Waals surface area contributed by atoms with E-state index in [1.54, 1.807) is 0 Å². The number of hydrogen-bond donors (Lipinski definition) is 2. The molecule has 1 aromatic rings. The summed E-state index contributed by atoms with van der Waals surface area (Å²) in [6, 6.07) is 3.17. The van der Waals surface area contributed by atoms with Gasteiger partial charge in [-0.1, -0.05) is 19.9 Å². The molecule has 2 nitrogen and oxygen atoms in total. The van der Waals surface area contributed by atoms with Crippen molar-refractivity contribution in [1.29, 1.82) is 0 Å². The largest absolute Gasteiger partial charge is 0.388 e. The number of aliphatic hydroxyl groups excluding tert-OH is 1. The van der Waals surface area contributed by atoms with E-state index >= 15 is 0 Å². The third-order valence-corrected chi connectivity index (χ3v) is 2.82. The highest BCUT2D eigenvalue weighted by atomic mass is 19.1. The first-order valence-electron chi connectivity index (χ1n) is 5.30. The topological polar surface area (TPSA) is 46.2 Å². The van der Waals surface area contributed by atoms with Crippen LogP contribution in [0.5, 0.6) is 0 Å². The van der Waals surface area contributed by atoms with Gasteiger partial charge in [0, 0.05) is 17.5 Å². The molecule has 0 aliphatic rings. The smallest absolute Gasteiger partial charge is 0.131 e. The Morgan fingerprint density at radius 3 is 2.38 bits per heavy atom. The number of hydrogen-bond acceptors (Lipinski definition) is 2. The molecule has 0 saturated heterocycles. The van der Waals surface area contributed by atoms with E-state index in [1.165, 1.54) is 6.07 Å². The third-order valence-electron chi connectivity index (χ3n) is 2.82. The minimum absolute atomic E-state index is 0.102. The Balaban J connectivity index is 2.99. The highest BCUT2D eigenvalue weighted by Crippen LogP contribution is 2.29. The van der Waals surface area contributed by atoms with Crippen LogP contribution in [0.25, 0.3) is 0 Å². The lowest BCUT2D eigenvalue weighted by Gasteiger charge is -2.25. The Morgan fingerprint density at radius 1 is 1.31 bits per heavy atom. The van der Waals surface area contributed by atoms with E-state index in [2.05, 4.69) is 0 Å². The molecule has 2 unspecified atom stereocenters. The van der Waals surface area contributed by atoms with Crippen LogP contribution >= 0.6 is 0 Å². The maximum atomic E-state index is 13.4. The van der Waals surface area contributed by atoms with Gasteiger partial charge in [0.2, 0.25) is 0 Å². The second-order valence-corrected chi connectivity index (χ2v) is 4.25. The summed E-state index contributed by atoms with van der Waals surface area (Å²) in [5, 5.41) is 9.98. The fourth-order valence-corrected chi connectivity index (χ4v) is 1.74. The van der Waals surface area contributed by atoms with E-state index in [4.69, 9.17) is 5.73 Å². The fraction of sp³-hybridized carbons (Fsp3) is 0.500. The van der Waals surface area contributed by atoms with E-state index in [9.17, 15) is 13.9 Å². The molecule has 0 bridgehead atoms. The number of nitrogens with two attached hydrogens (primary N) is 1. The second kappa shape index (κ2) is 5.37. The minimum atomic E-state index is -0.995. The van der Waals surface area contributed by atoms with Crippen LogP contribution in [0.15, 0.2) is 18.2 Å². The lowest BCUT2D eigenvalue weighted by molar-refractivity contribution is 0.0827. The highest BCUT2D eigenvalue weighted by Gasteiger charge is 2.25. The van der Waals surface area contributed by atoms with Crippen LogP contribution in [0.1, 0.15) is 25.5 Å². The van der Waals surface area contributed by atoms with Crippen molar-refractivity contribution in [3.8, 4) is 0 Å². The molecular formula is C12H17F2NO. The Hall–Kier alpha value is -1.00. The summed E-state index contributed by atoms with van der Waals surface area (Å²) >= 11 is 0. The molecule has 0 aromatic heterocycles. The molecule has 0 aliphatic carbocycles. The highest BCUT2D eigenvalue weighted by molar-refractivity contribution is 5.21. The van der Waals surface area contributed by atoms with E-state index < -0.39 is 17.7 Å². The van der Waals surface area contributed by atoms with Gasteiger partial charge in [-0.3, -0.25) is 0 Å². The molecule has 0 spiro atoms. The standard InChI is InChI=1S/C12H17F2NO/c1-7(2)10(6-15)12(16)9-4-3-8(13)5-11(9)14/h3-5,7,10,12,16H,6,15H2,1-2H3. The third kappa shape index (κ3) is 2.77. The summed E-state index contributed by atoms with van der Waals surface area (Å²) in [5.41, 5.74) is 5.64. The zero-order valence-corrected chi connectivity index (χ0v) is 9.45. The fourth-order valence-electron chi connectivity index (χ4n) is 1.74. The molecule has 4 heteroatoms. The summed E-state index contributed by atoms with van der Waals surface area (Å²) in [7, 11) is 0. The summed E-state index contributed by atoms with van der Waals surface area (Å²) in [4.78, 5) is 0. The van der Waals surface area contributed by atoms with Gasteiger partial charge in [-0.2, -0.15) is 0 Å². The molecule has 0 radical (unpaired) electrons. The maximum Gasteiger partial charge on any atom is 0.131 e. The van der Waals surface area contributed by atoms with Crippen molar-refractivity contribution in [1.82, 2.24) is 0 Å². The summed E-state index contributed by atoms with van der Waals surface area (Å²) in [6.45, 7) is 4.07. The van der Waals surface area contributed by atoms with Gasteiger partial charge >= 0.3 is 0 Å². The van der Waals surface area contributed by atoms with Crippen LogP contribution in [-0.2, 0) is 0 Å². The predicted octanol–water partition coefficient (Wildman–Crippen LogP) is 2.23. The van der Waals surface area contributed by atoms with Crippen LogP contribution in [0.3, 0.4) is 0 Å². The molecule has 1 aromatic carbocycles. The van der Waals surface area contributed by atoms with Crippen LogP contribution < -0.4 is 5.73 Å². The molecule has 2 atom stereocenters. The van der Waals surface area contributed by atoms with Gasteiger partial charge in [0.1, 0.15) is 11.6 Å². The van der Waals surface area contributed by atoms with Crippen molar-refractivity contribution in [2.24, 2.45) is 17.6 Å². The minimum Gasteiger partial charge on any atom is -0.388 e. The SMILES string of the molecule is CC(C)C(CN)C(O)c1ccc(F)cc1F. The van der Waals surface area contributed by atoms with Crippen molar-refractivity contribution in [2.75, 3.05) is 6.54 Å². The quantitative estimate of drug-likeness (QED) is 0.831. The van der Waals surface area contributed by atoms with Crippen molar-refractivity contribution in [2.45, 2.75) is 20.0 Å².